The molecule has 3 aromatic rings. The van der Waals surface area contributed by atoms with Crippen molar-refractivity contribution in [2.45, 2.75) is 53.4 Å². The lowest BCUT2D eigenvalue weighted by atomic mass is 9.72. The highest BCUT2D eigenvalue weighted by Crippen LogP contribution is 2.44. The summed E-state index contributed by atoms with van der Waals surface area (Å²) in [4.78, 5) is 27.6. The molecular weight excluding hydrogens is 440 g/mol. The van der Waals surface area contributed by atoms with Crippen molar-refractivity contribution in [1.82, 2.24) is 5.32 Å². The quantitative estimate of drug-likeness (QED) is 0.432. The van der Waals surface area contributed by atoms with E-state index in [1.807, 2.05) is 49.4 Å². The Bertz CT molecular complexity index is 1160. The van der Waals surface area contributed by atoms with Crippen LogP contribution in [0.4, 0.5) is 5.00 Å². The molecule has 178 valence electrons. The summed E-state index contributed by atoms with van der Waals surface area (Å²) in [5, 5.41) is 6.84. The number of aryl methyl sites for hydroxylation is 1. The number of carbonyl (C=O) groups excluding carboxylic acids is 2. The maximum atomic E-state index is 13.4. The van der Waals surface area contributed by atoms with Crippen LogP contribution in [0.5, 0.6) is 0 Å². The average molecular weight is 475 g/mol. The Morgan fingerprint density at radius 2 is 1.71 bits per heavy atom. The zero-order chi connectivity index (χ0) is 24.3. The molecule has 1 heterocycles. The van der Waals surface area contributed by atoms with E-state index in [0.29, 0.717) is 28.6 Å². The third kappa shape index (κ3) is 5.58. The second kappa shape index (κ2) is 10.1. The summed E-state index contributed by atoms with van der Waals surface area (Å²) in [6.45, 7) is 9.41. The summed E-state index contributed by atoms with van der Waals surface area (Å²) in [5.74, 6) is 0.291. The summed E-state index contributed by atoms with van der Waals surface area (Å²) in [5.41, 5.74) is 4.87. The maximum absolute atomic E-state index is 13.4. The van der Waals surface area contributed by atoms with Gasteiger partial charge in [-0.15, -0.1) is 11.3 Å². The third-order valence-electron chi connectivity index (χ3n) is 6.80. The molecule has 1 atom stereocenters. The SMILES string of the molecule is Cc1ccc(C(=O)Nc2sc3c(c2C(=O)NCCc2ccccc2)CCC(C(C)(C)C)C3)cc1. The fourth-order valence-electron chi connectivity index (χ4n) is 4.59. The highest BCUT2D eigenvalue weighted by atomic mass is 32.1. The van der Waals surface area contributed by atoms with Gasteiger partial charge in [0, 0.05) is 17.0 Å². The first-order valence-electron chi connectivity index (χ1n) is 12.1. The maximum Gasteiger partial charge on any atom is 0.256 e. The molecule has 1 aromatic heterocycles. The highest BCUT2D eigenvalue weighted by Gasteiger charge is 2.34. The van der Waals surface area contributed by atoms with Crippen LogP contribution in [0.15, 0.2) is 54.6 Å². The zero-order valence-corrected chi connectivity index (χ0v) is 21.4. The number of hydrogen-bond donors (Lipinski definition) is 2. The average Bonchev–Trinajstić information content (AvgIpc) is 3.16. The van der Waals surface area contributed by atoms with Crippen LogP contribution in [0, 0.1) is 18.3 Å². The summed E-state index contributed by atoms with van der Waals surface area (Å²) < 4.78 is 0. The van der Waals surface area contributed by atoms with E-state index in [1.54, 1.807) is 11.3 Å². The van der Waals surface area contributed by atoms with E-state index < -0.39 is 0 Å². The lowest BCUT2D eigenvalue weighted by Gasteiger charge is -2.33. The van der Waals surface area contributed by atoms with Crippen LogP contribution in [0.3, 0.4) is 0 Å². The monoisotopic (exact) mass is 474 g/mol. The number of benzene rings is 2. The number of carbonyl (C=O) groups is 2. The molecule has 1 aliphatic rings. The molecule has 2 amide bonds. The summed E-state index contributed by atoms with van der Waals surface area (Å²) in [6, 6.07) is 17.7. The van der Waals surface area contributed by atoms with Crippen molar-refractivity contribution in [3.63, 3.8) is 0 Å². The third-order valence-corrected chi connectivity index (χ3v) is 7.97. The first-order valence-corrected chi connectivity index (χ1v) is 12.9. The van der Waals surface area contributed by atoms with Crippen molar-refractivity contribution in [2.24, 2.45) is 11.3 Å². The Morgan fingerprint density at radius 1 is 1.00 bits per heavy atom. The van der Waals surface area contributed by atoms with Crippen molar-refractivity contribution >= 4 is 28.2 Å². The number of anilines is 1. The fraction of sp³-hybridized carbons (Fsp3) is 0.379. The van der Waals surface area contributed by atoms with Crippen molar-refractivity contribution in [3.05, 3.63) is 87.3 Å². The topological polar surface area (TPSA) is 58.2 Å². The van der Waals surface area contributed by atoms with Crippen molar-refractivity contribution in [2.75, 3.05) is 11.9 Å². The molecule has 0 saturated carbocycles. The number of thiophene rings is 1. The van der Waals surface area contributed by atoms with Gasteiger partial charge in [0.25, 0.3) is 11.8 Å². The minimum atomic E-state index is -0.177. The smallest absolute Gasteiger partial charge is 0.256 e. The molecule has 4 nitrogen and oxygen atoms in total. The summed E-state index contributed by atoms with van der Waals surface area (Å²) >= 11 is 1.57. The molecule has 2 N–H and O–H groups in total. The molecule has 1 unspecified atom stereocenters. The van der Waals surface area contributed by atoms with Crippen LogP contribution >= 0.6 is 11.3 Å². The Hall–Kier alpha value is -2.92. The van der Waals surface area contributed by atoms with Gasteiger partial charge in [0.05, 0.1) is 5.56 Å². The standard InChI is InChI=1S/C29H34N2O2S/c1-19-10-12-21(13-11-19)26(32)31-28-25(27(33)30-17-16-20-8-6-5-7-9-20)23-15-14-22(29(2,3)4)18-24(23)34-28/h5-13,22H,14-18H2,1-4H3,(H,30,33)(H,31,32). The molecule has 5 heteroatoms. The predicted molar refractivity (Wildman–Crippen MR) is 141 cm³/mol. The lowest BCUT2D eigenvalue weighted by molar-refractivity contribution is 0.0954. The van der Waals surface area contributed by atoms with Gasteiger partial charge in [-0.25, -0.2) is 0 Å². The van der Waals surface area contributed by atoms with Gasteiger partial charge >= 0.3 is 0 Å². The molecule has 0 bridgehead atoms. The second-order valence-electron chi connectivity index (χ2n) is 10.3. The summed E-state index contributed by atoms with van der Waals surface area (Å²) in [6.07, 6.45) is 3.66. The first kappa shape index (κ1) is 24.2. The molecule has 2 aromatic carbocycles. The minimum absolute atomic E-state index is 0.0955. The molecule has 0 spiro atoms. The van der Waals surface area contributed by atoms with E-state index in [4.69, 9.17) is 0 Å². The van der Waals surface area contributed by atoms with E-state index in [-0.39, 0.29) is 17.2 Å². The van der Waals surface area contributed by atoms with Gasteiger partial charge in [-0.2, -0.15) is 0 Å². The summed E-state index contributed by atoms with van der Waals surface area (Å²) in [7, 11) is 0. The van der Waals surface area contributed by atoms with Crippen LogP contribution in [0.2, 0.25) is 0 Å². The predicted octanol–water partition coefficient (Wildman–Crippen LogP) is 6.43. The molecule has 0 saturated heterocycles. The minimum Gasteiger partial charge on any atom is -0.352 e. The van der Waals surface area contributed by atoms with Gasteiger partial charge in [0.2, 0.25) is 0 Å². The van der Waals surface area contributed by atoms with Crippen LogP contribution < -0.4 is 10.6 Å². The Labute approximate surface area is 206 Å². The number of rotatable bonds is 6. The van der Waals surface area contributed by atoms with Crippen LogP contribution in [0.25, 0.3) is 0 Å². The number of fused-ring (bicyclic) bond motifs is 1. The Balaban J connectivity index is 1.57. The Morgan fingerprint density at radius 3 is 2.38 bits per heavy atom. The Kier molecular flexibility index (Phi) is 7.22. The molecule has 4 rings (SSSR count). The van der Waals surface area contributed by atoms with E-state index in [1.165, 1.54) is 10.4 Å². The molecule has 0 radical (unpaired) electrons. The highest BCUT2D eigenvalue weighted by molar-refractivity contribution is 7.17. The van der Waals surface area contributed by atoms with Crippen LogP contribution in [-0.4, -0.2) is 18.4 Å². The molecule has 1 aliphatic carbocycles. The van der Waals surface area contributed by atoms with Gasteiger partial charge in [-0.3, -0.25) is 9.59 Å². The molecule has 0 aliphatic heterocycles. The zero-order valence-electron chi connectivity index (χ0n) is 20.5. The largest absolute Gasteiger partial charge is 0.352 e. The van der Waals surface area contributed by atoms with Gasteiger partial charge in [0.1, 0.15) is 5.00 Å². The van der Waals surface area contributed by atoms with Gasteiger partial charge < -0.3 is 10.6 Å². The van der Waals surface area contributed by atoms with E-state index in [9.17, 15) is 9.59 Å². The fourth-order valence-corrected chi connectivity index (χ4v) is 5.91. The number of nitrogens with one attached hydrogen (secondary N) is 2. The van der Waals surface area contributed by atoms with Crippen LogP contribution in [-0.2, 0) is 19.3 Å². The molecular formula is C29H34N2O2S. The van der Waals surface area contributed by atoms with Crippen molar-refractivity contribution in [3.8, 4) is 0 Å². The number of amides is 2. The van der Waals surface area contributed by atoms with Crippen molar-refractivity contribution < 1.29 is 9.59 Å². The lowest BCUT2D eigenvalue weighted by Crippen LogP contribution is -2.29. The van der Waals surface area contributed by atoms with E-state index >= 15 is 0 Å². The van der Waals surface area contributed by atoms with Gasteiger partial charge in [-0.05, 0) is 67.2 Å². The molecule has 34 heavy (non-hydrogen) atoms. The van der Waals surface area contributed by atoms with Gasteiger partial charge in [0.15, 0.2) is 0 Å². The second-order valence-corrected chi connectivity index (χ2v) is 11.4. The van der Waals surface area contributed by atoms with Crippen molar-refractivity contribution in [1.29, 1.82) is 0 Å². The van der Waals surface area contributed by atoms with Crippen LogP contribution in [0.1, 0.15) is 69.5 Å². The molecule has 0 fully saturated rings. The first-order chi connectivity index (χ1) is 16.2. The normalized spacial score (nSPS) is 15.5. The van der Waals surface area contributed by atoms with E-state index in [0.717, 1.165) is 36.8 Å². The van der Waals surface area contributed by atoms with Gasteiger partial charge in [-0.1, -0.05) is 68.8 Å². The number of hydrogen-bond acceptors (Lipinski definition) is 3. The van der Waals surface area contributed by atoms with E-state index in [2.05, 4.69) is 43.5 Å².